The highest BCUT2D eigenvalue weighted by atomic mass is 16.5. The Bertz CT molecular complexity index is 1540. The quantitative estimate of drug-likeness (QED) is 0.123. The van der Waals surface area contributed by atoms with Crippen LogP contribution in [0.15, 0.2) is 66.0 Å². The second-order valence-corrected chi connectivity index (χ2v) is 13.8. The summed E-state index contributed by atoms with van der Waals surface area (Å²) in [4.78, 5) is 27.4. The minimum absolute atomic E-state index is 0.0399. The van der Waals surface area contributed by atoms with Crippen molar-refractivity contribution in [3.63, 3.8) is 0 Å². The molecule has 1 heterocycles. The predicted molar refractivity (Wildman–Crippen MR) is 189 cm³/mol. The molecule has 1 aliphatic heterocycles. The molecule has 7 heteroatoms. The number of aryl methyl sites for hydroxylation is 1. The number of benzene rings is 2. The van der Waals surface area contributed by atoms with Gasteiger partial charge in [-0.15, -0.1) is 0 Å². The molecule has 48 heavy (non-hydrogen) atoms. The topological polar surface area (TPSA) is 108 Å². The van der Waals surface area contributed by atoms with E-state index in [-0.39, 0.29) is 54.5 Å². The Morgan fingerprint density at radius 1 is 1.02 bits per heavy atom. The first-order chi connectivity index (χ1) is 23.4. The number of phenolic OH excluding ortho intramolecular Hbond substituents is 1. The zero-order valence-corrected chi connectivity index (χ0v) is 28.6. The summed E-state index contributed by atoms with van der Waals surface area (Å²) >= 11 is 0. The third-order valence-corrected chi connectivity index (χ3v) is 10.2. The number of fused-ring (bicyclic) bond motifs is 2. The summed E-state index contributed by atoms with van der Waals surface area (Å²) < 4.78 is 5.44. The maximum absolute atomic E-state index is 14.1. The fourth-order valence-electron chi connectivity index (χ4n) is 7.74. The van der Waals surface area contributed by atoms with Gasteiger partial charge in [-0.1, -0.05) is 74.4 Å². The first-order valence-electron chi connectivity index (χ1n) is 17.9. The Morgan fingerprint density at radius 2 is 1.85 bits per heavy atom. The average Bonchev–Trinajstić information content (AvgIpc) is 3.26. The summed E-state index contributed by atoms with van der Waals surface area (Å²) in [5, 5.41) is 26.9. The maximum Gasteiger partial charge on any atom is 0.160 e. The van der Waals surface area contributed by atoms with Crippen molar-refractivity contribution in [2.24, 2.45) is 23.7 Å². The van der Waals surface area contributed by atoms with Crippen LogP contribution in [0.4, 0.5) is 0 Å². The minimum atomic E-state index is -0.330. The van der Waals surface area contributed by atoms with Crippen LogP contribution in [-0.2, 0) is 16.0 Å². The zero-order chi connectivity index (χ0) is 33.9. The average molecular weight is 653 g/mol. The Kier molecular flexibility index (Phi) is 12.8. The van der Waals surface area contributed by atoms with Gasteiger partial charge in [-0.2, -0.15) is 0 Å². The number of aromatic hydroxyl groups is 1. The van der Waals surface area contributed by atoms with Gasteiger partial charge in [-0.05, 0) is 90.8 Å². The van der Waals surface area contributed by atoms with Crippen LogP contribution in [0.25, 0.3) is 0 Å². The van der Waals surface area contributed by atoms with Gasteiger partial charge < -0.3 is 25.6 Å². The minimum Gasteiger partial charge on any atom is -0.504 e. The number of hydrogen-bond acceptors (Lipinski definition) is 7. The molecule has 0 radical (unpaired) electrons. The van der Waals surface area contributed by atoms with Crippen molar-refractivity contribution >= 4 is 11.6 Å². The van der Waals surface area contributed by atoms with Gasteiger partial charge in [0, 0.05) is 38.0 Å². The Balaban J connectivity index is 1.54. The number of rotatable bonds is 11. The smallest absolute Gasteiger partial charge is 0.160 e. The molecule has 1 fully saturated rings. The molecule has 2 aromatic rings. The summed E-state index contributed by atoms with van der Waals surface area (Å²) in [6.45, 7) is 3.83. The molecule has 2 aliphatic carbocycles. The van der Waals surface area contributed by atoms with E-state index in [4.69, 9.17) is 4.74 Å². The number of hydrogen-bond donors (Lipinski definition) is 4. The molecule has 7 nitrogen and oxygen atoms in total. The maximum atomic E-state index is 14.1. The summed E-state index contributed by atoms with van der Waals surface area (Å²) in [5.74, 6) is 8.69. The number of ether oxygens (including phenoxy) is 1. The molecule has 0 unspecified atom stereocenters. The molecule has 0 saturated heterocycles. The largest absolute Gasteiger partial charge is 0.504 e. The number of nitrogens with one attached hydrogen (secondary N) is 2. The molecule has 4 N–H and O–H groups in total. The van der Waals surface area contributed by atoms with Gasteiger partial charge in [0.2, 0.25) is 0 Å². The molecule has 0 spiro atoms. The molecule has 2 aromatic carbocycles. The Labute approximate surface area is 286 Å². The number of ketones is 2. The van der Waals surface area contributed by atoms with E-state index in [0.717, 1.165) is 74.0 Å². The molecule has 5 rings (SSSR count). The first kappa shape index (κ1) is 35.3. The highest BCUT2D eigenvalue weighted by Crippen LogP contribution is 2.42. The van der Waals surface area contributed by atoms with E-state index in [2.05, 4.69) is 53.7 Å². The number of dihydropyridines is 1. The van der Waals surface area contributed by atoms with Crippen molar-refractivity contribution < 1.29 is 24.5 Å². The van der Waals surface area contributed by atoms with E-state index < -0.39 is 0 Å². The lowest BCUT2D eigenvalue weighted by Crippen LogP contribution is -2.30. The van der Waals surface area contributed by atoms with Crippen molar-refractivity contribution in [1.29, 1.82) is 0 Å². The fraction of sp³-hybridized carbons (Fsp3) is 0.512. The molecule has 5 atom stereocenters. The molecular weight excluding hydrogens is 600 g/mol. The van der Waals surface area contributed by atoms with Gasteiger partial charge in [0.1, 0.15) is 11.6 Å². The van der Waals surface area contributed by atoms with Gasteiger partial charge in [-0.3, -0.25) is 9.59 Å². The second-order valence-electron chi connectivity index (χ2n) is 13.8. The predicted octanol–water partition coefficient (Wildman–Crippen LogP) is 6.58. The molecule has 0 bridgehead atoms. The summed E-state index contributed by atoms with van der Waals surface area (Å²) in [6, 6.07) is 13.7. The third-order valence-electron chi connectivity index (χ3n) is 10.2. The Morgan fingerprint density at radius 3 is 2.62 bits per heavy atom. The summed E-state index contributed by atoms with van der Waals surface area (Å²) in [7, 11) is 1.52. The SMILES string of the molecule is CCCC[C@H]1C[C@H](CC2=CCNC(NCCCO)=C2)C[C@H]2C#C[C@H](c3ccccc3)c3cc(O)c(OC)cc3CCC(=O)CC(=O)[C@@H]2C1. The van der Waals surface area contributed by atoms with E-state index in [9.17, 15) is 19.8 Å². The van der Waals surface area contributed by atoms with Crippen molar-refractivity contribution in [3.8, 4) is 23.3 Å². The number of carbonyl (C=O) groups is 2. The Hall–Kier alpha value is -4.02. The molecular formula is C41H52N2O5. The van der Waals surface area contributed by atoms with Gasteiger partial charge in [0.15, 0.2) is 11.5 Å². The summed E-state index contributed by atoms with van der Waals surface area (Å²) in [6.07, 6.45) is 12.6. The van der Waals surface area contributed by atoms with E-state index >= 15 is 0 Å². The van der Waals surface area contributed by atoms with Crippen molar-refractivity contribution in [1.82, 2.24) is 10.6 Å². The number of phenols is 1. The molecule has 1 saturated carbocycles. The van der Waals surface area contributed by atoms with Crippen molar-refractivity contribution in [2.45, 2.75) is 83.5 Å². The van der Waals surface area contributed by atoms with Crippen LogP contribution in [0.2, 0.25) is 0 Å². The molecule has 3 aliphatic rings. The second kappa shape index (κ2) is 17.4. The number of allylic oxidation sites excluding steroid dienone is 2. The lowest BCUT2D eigenvalue weighted by Gasteiger charge is -2.25. The van der Waals surface area contributed by atoms with Gasteiger partial charge in [0.05, 0.1) is 25.3 Å². The summed E-state index contributed by atoms with van der Waals surface area (Å²) in [5.41, 5.74) is 4.07. The van der Waals surface area contributed by atoms with Crippen LogP contribution >= 0.6 is 0 Å². The molecule has 0 aromatic heterocycles. The zero-order valence-electron chi connectivity index (χ0n) is 28.6. The van der Waals surface area contributed by atoms with Crippen LogP contribution in [0.3, 0.4) is 0 Å². The van der Waals surface area contributed by atoms with Gasteiger partial charge >= 0.3 is 0 Å². The first-order valence-corrected chi connectivity index (χ1v) is 17.9. The van der Waals surface area contributed by atoms with Crippen molar-refractivity contribution in [2.75, 3.05) is 26.8 Å². The normalized spacial score (nSPS) is 24.5. The lowest BCUT2D eigenvalue weighted by atomic mass is 9.78. The number of carbonyl (C=O) groups excluding carboxylic acids is 2. The van der Waals surface area contributed by atoms with Crippen LogP contribution < -0.4 is 15.4 Å². The number of aliphatic hydroxyl groups is 1. The monoisotopic (exact) mass is 652 g/mol. The van der Waals surface area contributed by atoms with E-state index in [1.54, 1.807) is 6.07 Å². The number of unbranched alkanes of at least 4 members (excludes halogenated alkanes) is 1. The number of aliphatic hydroxyl groups excluding tert-OH is 1. The molecule has 256 valence electrons. The fourth-order valence-corrected chi connectivity index (χ4v) is 7.74. The van der Waals surface area contributed by atoms with Crippen LogP contribution in [-0.4, -0.2) is 48.6 Å². The van der Waals surface area contributed by atoms with Gasteiger partial charge in [-0.25, -0.2) is 0 Å². The molecule has 0 amide bonds. The highest BCUT2D eigenvalue weighted by Gasteiger charge is 2.37. The van der Waals surface area contributed by atoms with Crippen LogP contribution in [0, 0.1) is 35.5 Å². The lowest BCUT2D eigenvalue weighted by molar-refractivity contribution is -0.130. The third kappa shape index (κ3) is 9.32. The van der Waals surface area contributed by atoms with E-state index in [1.165, 1.54) is 12.7 Å². The van der Waals surface area contributed by atoms with Crippen LogP contribution in [0.1, 0.15) is 93.7 Å². The van der Waals surface area contributed by atoms with E-state index in [0.29, 0.717) is 37.0 Å². The number of Topliss-reactive ketones (excluding diaryl/α,β-unsaturated/α-hetero) is 2. The van der Waals surface area contributed by atoms with Gasteiger partial charge in [0.25, 0.3) is 0 Å². The van der Waals surface area contributed by atoms with Crippen molar-refractivity contribution in [3.05, 3.63) is 82.7 Å². The van der Waals surface area contributed by atoms with Crippen LogP contribution in [0.5, 0.6) is 11.5 Å². The standard InChI is InChI=1S/C41H52N2O5/c1-3-4-9-28-20-30(21-29-16-18-43-41(24-29)42-17-8-19-44)22-32-13-15-35(31-10-6-5-7-11-31)36-27-39(47)40(48-2)25-33(36)12-14-34(45)26-38(46)37(32)23-28/h5-7,10-11,16,24-25,27-28,30,32,35,37,42-44,47H,3-4,8-9,12,14,17-23,26H2,1-2H3/t28-,30+,32+,35+,37+/m0/s1. The van der Waals surface area contributed by atoms with E-state index in [1.807, 2.05) is 24.3 Å². The number of methoxy groups -OCH3 is 1. The highest BCUT2D eigenvalue weighted by molar-refractivity contribution is 6.00.